The summed E-state index contributed by atoms with van der Waals surface area (Å²) in [7, 11) is 0. The molecule has 4 nitrogen and oxygen atoms in total. The molecule has 0 fully saturated rings. The minimum Gasteiger partial charge on any atom is -0.394 e. The van der Waals surface area contributed by atoms with Crippen molar-refractivity contribution < 1.29 is 15.4 Å². The molecule has 0 aromatic heterocycles. The molecular formula is C6H15NO3. The predicted molar refractivity (Wildman–Crippen MR) is 36.7 cm³/mol. The summed E-state index contributed by atoms with van der Waals surface area (Å²) >= 11 is 0. The van der Waals surface area contributed by atoms with Crippen molar-refractivity contribution in [3.63, 3.8) is 0 Å². The number of aliphatic hydroxyl groups excluding tert-OH is 2. The monoisotopic (exact) mass is 149 g/mol. The fraction of sp³-hybridized carbons (Fsp3) is 1.00. The summed E-state index contributed by atoms with van der Waals surface area (Å²) in [5, 5.41) is 26.2. The van der Waals surface area contributed by atoms with Gasteiger partial charge in [0.05, 0.1) is 18.2 Å². The lowest BCUT2D eigenvalue weighted by molar-refractivity contribution is -0.0441. The van der Waals surface area contributed by atoms with Crippen molar-refractivity contribution in [3.8, 4) is 0 Å². The van der Waals surface area contributed by atoms with Gasteiger partial charge in [0.25, 0.3) is 0 Å². The molecular weight excluding hydrogens is 134 g/mol. The van der Waals surface area contributed by atoms with Gasteiger partial charge in [0.1, 0.15) is 0 Å². The Kier molecular flexibility index (Phi) is 3.81. The second-order valence-electron chi connectivity index (χ2n) is 2.58. The van der Waals surface area contributed by atoms with E-state index in [0.29, 0.717) is 6.42 Å². The Bertz CT molecular complexity index is 93.0. The molecule has 0 heterocycles. The highest BCUT2D eigenvalue weighted by molar-refractivity contribution is 4.85. The van der Waals surface area contributed by atoms with Crippen molar-refractivity contribution in [2.24, 2.45) is 0 Å². The SMILES string of the molecule is CCC(C)(NO)C(O)CO. The second-order valence-corrected chi connectivity index (χ2v) is 2.58. The largest absolute Gasteiger partial charge is 0.394 e. The molecule has 10 heavy (non-hydrogen) atoms. The van der Waals surface area contributed by atoms with E-state index in [-0.39, 0.29) is 6.61 Å². The number of rotatable bonds is 4. The van der Waals surface area contributed by atoms with E-state index in [1.807, 2.05) is 12.4 Å². The first kappa shape index (κ1) is 9.84. The molecule has 4 heteroatoms. The van der Waals surface area contributed by atoms with E-state index in [9.17, 15) is 0 Å². The Balaban J connectivity index is 4.02. The van der Waals surface area contributed by atoms with Gasteiger partial charge in [0.2, 0.25) is 0 Å². The van der Waals surface area contributed by atoms with Crippen molar-refractivity contribution >= 4 is 0 Å². The highest BCUT2D eigenvalue weighted by atomic mass is 16.5. The molecule has 0 saturated carbocycles. The van der Waals surface area contributed by atoms with Crippen LogP contribution < -0.4 is 5.48 Å². The normalized spacial score (nSPS) is 20.1. The summed E-state index contributed by atoms with van der Waals surface area (Å²) in [5.41, 5.74) is 1.17. The van der Waals surface area contributed by atoms with Crippen LogP contribution in [0.2, 0.25) is 0 Å². The van der Waals surface area contributed by atoms with Crippen LogP contribution in [-0.2, 0) is 0 Å². The van der Waals surface area contributed by atoms with E-state index in [0.717, 1.165) is 0 Å². The Morgan fingerprint density at radius 1 is 1.60 bits per heavy atom. The van der Waals surface area contributed by atoms with Crippen LogP contribution in [0.4, 0.5) is 0 Å². The summed E-state index contributed by atoms with van der Waals surface area (Å²) in [4.78, 5) is 0. The van der Waals surface area contributed by atoms with Gasteiger partial charge in [-0.1, -0.05) is 6.92 Å². The standard InChI is InChI=1S/C6H15NO3/c1-3-6(2,7-10)5(9)4-8/h5,7-10H,3-4H2,1-2H3. The summed E-state index contributed by atoms with van der Waals surface area (Å²) in [6.07, 6.45) is -0.381. The first-order valence-corrected chi connectivity index (χ1v) is 3.31. The maximum atomic E-state index is 9.10. The molecule has 2 unspecified atom stereocenters. The smallest absolute Gasteiger partial charge is 0.0971 e. The molecule has 0 rings (SSSR count). The van der Waals surface area contributed by atoms with Crippen molar-refractivity contribution in [1.29, 1.82) is 0 Å². The maximum Gasteiger partial charge on any atom is 0.0971 e. The van der Waals surface area contributed by atoms with Crippen LogP contribution in [0, 0.1) is 0 Å². The van der Waals surface area contributed by atoms with Crippen molar-refractivity contribution in [3.05, 3.63) is 0 Å². The lowest BCUT2D eigenvalue weighted by atomic mass is 9.93. The highest BCUT2D eigenvalue weighted by Gasteiger charge is 2.29. The maximum absolute atomic E-state index is 9.10. The second kappa shape index (κ2) is 3.88. The molecule has 0 aliphatic heterocycles. The van der Waals surface area contributed by atoms with Crippen LogP contribution in [0.1, 0.15) is 20.3 Å². The summed E-state index contributed by atoms with van der Waals surface area (Å²) in [6, 6.07) is 0. The van der Waals surface area contributed by atoms with Crippen LogP contribution in [0.15, 0.2) is 0 Å². The molecule has 0 aromatic rings. The van der Waals surface area contributed by atoms with Gasteiger partial charge in [0.15, 0.2) is 0 Å². The fourth-order valence-corrected chi connectivity index (χ4v) is 0.591. The lowest BCUT2D eigenvalue weighted by Gasteiger charge is -2.30. The molecule has 62 valence electrons. The van der Waals surface area contributed by atoms with E-state index in [4.69, 9.17) is 15.4 Å². The Labute approximate surface area is 60.5 Å². The van der Waals surface area contributed by atoms with Gasteiger partial charge in [-0.25, -0.2) is 0 Å². The fourth-order valence-electron chi connectivity index (χ4n) is 0.591. The Morgan fingerprint density at radius 3 is 2.20 bits per heavy atom. The molecule has 2 atom stereocenters. The zero-order chi connectivity index (χ0) is 8.20. The van der Waals surface area contributed by atoms with E-state index >= 15 is 0 Å². The topological polar surface area (TPSA) is 72.7 Å². The highest BCUT2D eigenvalue weighted by Crippen LogP contribution is 2.12. The van der Waals surface area contributed by atoms with E-state index in [1.54, 1.807) is 6.92 Å². The minimum absolute atomic E-state index is 0.349. The molecule has 0 bridgehead atoms. The molecule has 0 aliphatic rings. The third kappa shape index (κ3) is 1.91. The van der Waals surface area contributed by atoms with E-state index in [1.165, 1.54) is 0 Å². The van der Waals surface area contributed by atoms with Gasteiger partial charge >= 0.3 is 0 Å². The molecule has 0 spiro atoms. The first-order valence-electron chi connectivity index (χ1n) is 3.31. The summed E-state index contributed by atoms with van der Waals surface area (Å²) in [6.45, 7) is 3.09. The number of aliphatic hydroxyl groups is 2. The summed E-state index contributed by atoms with van der Waals surface area (Å²) < 4.78 is 0. The molecule has 4 N–H and O–H groups in total. The molecule has 0 saturated heterocycles. The van der Waals surface area contributed by atoms with Crippen molar-refractivity contribution in [1.82, 2.24) is 5.48 Å². The molecule has 0 amide bonds. The van der Waals surface area contributed by atoms with Gasteiger partial charge in [-0.05, 0) is 13.3 Å². The first-order chi connectivity index (χ1) is 4.60. The van der Waals surface area contributed by atoms with Crippen LogP contribution in [0.25, 0.3) is 0 Å². The Hall–Kier alpha value is -0.160. The van der Waals surface area contributed by atoms with Gasteiger partial charge in [0, 0.05) is 0 Å². The van der Waals surface area contributed by atoms with E-state index < -0.39 is 11.6 Å². The lowest BCUT2D eigenvalue weighted by Crippen LogP contribution is -2.51. The van der Waals surface area contributed by atoms with Gasteiger partial charge in [-0.15, -0.1) is 0 Å². The number of hydrogen-bond acceptors (Lipinski definition) is 4. The van der Waals surface area contributed by atoms with Crippen molar-refractivity contribution in [2.45, 2.75) is 31.9 Å². The molecule has 0 aromatic carbocycles. The van der Waals surface area contributed by atoms with Crippen LogP contribution >= 0.6 is 0 Å². The number of hydrogen-bond donors (Lipinski definition) is 4. The van der Waals surface area contributed by atoms with Gasteiger partial charge in [-0.3, -0.25) is 0 Å². The van der Waals surface area contributed by atoms with Crippen molar-refractivity contribution in [2.75, 3.05) is 6.61 Å². The van der Waals surface area contributed by atoms with Crippen LogP contribution in [-0.4, -0.2) is 33.7 Å². The van der Waals surface area contributed by atoms with Gasteiger partial charge in [-0.2, -0.15) is 5.48 Å². The van der Waals surface area contributed by atoms with E-state index in [2.05, 4.69) is 0 Å². The van der Waals surface area contributed by atoms with Crippen LogP contribution in [0.5, 0.6) is 0 Å². The third-order valence-corrected chi connectivity index (χ3v) is 1.90. The summed E-state index contributed by atoms with van der Waals surface area (Å²) in [5.74, 6) is 0. The molecule has 0 radical (unpaired) electrons. The zero-order valence-corrected chi connectivity index (χ0v) is 6.33. The number of hydroxylamine groups is 1. The van der Waals surface area contributed by atoms with Gasteiger partial charge < -0.3 is 15.4 Å². The quantitative estimate of drug-likeness (QED) is 0.406. The average Bonchev–Trinajstić information content (AvgIpc) is 2.01. The predicted octanol–water partition coefficient (Wildman–Crippen LogP) is -0.513. The third-order valence-electron chi connectivity index (χ3n) is 1.90. The average molecular weight is 149 g/mol. The van der Waals surface area contributed by atoms with Crippen LogP contribution in [0.3, 0.4) is 0 Å². The zero-order valence-electron chi connectivity index (χ0n) is 6.33. The minimum atomic E-state index is -0.928. The number of nitrogens with one attached hydrogen (secondary N) is 1. The Morgan fingerprint density at radius 2 is 2.10 bits per heavy atom. The molecule has 0 aliphatic carbocycles.